The summed E-state index contributed by atoms with van der Waals surface area (Å²) in [5.41, 5.74) is 1.15. The van der Waals surface area contributed by atoms with Gasteiger partial charge in [-0.3, -0.25) is 10.1 Å². The summed E-state index contributed by atoms with van der Waals surface area (Å²) in [6.07, 6.45) is 0. The van der Waals surface area contributed by atoms with E-state index in [4.69, 9.17) is 9.47 Å². The second-order valence-electron chi connectivity index (χ2n) is 5.86. The summed E-state index contributed by atoms with van der Waals surface area (Å²) < 4.78 is 35.7. The fourth-order valence-corrected chi connectivity index (χ4v) is 3.34. The monoisotopic (exact) mass is 391 g/mol. The van der Waals surface area contributed by atoms with Crippen molar-refractivity contribution >= 4 is 21.4 Å². The normalized spacial score (nSPS) is 13.9. The number of ether oxygens (including phenoxy) is 2. The molecule has 0 spiro atoms. The molecule has 0 saturated heterocycles. The molecule has 2 aromatic rings. The van der Waals surface area contributed by atoms with Crippen molar-refractivity contribution in [3.05, 3.63) is 57.6 Å². The maximum absolute atomic E-state index is 12.4. The molecule has 1 heterocycles. The zero-order chi connectivity index (χ0) is 19.6. The first-order valence-corrected chi connectivity index (χ1v) is 9.47. The minimum absolute atomic E-state index is 0.237. The van der Waals surface area contributed by atoms with Crippen molar-refractivity contribution in [2.45, 2.75) is 18.7 Å². The van der Waals surface area contributed by atoms with Crippen LogP contribution < -0.4 is 14.3 Å². The van der Waals surface area contributed by atoms with Crippen molar-refractivity contribution in [2.24, 2.45) is 5.10 Å². The molecule has 0 aromatic heterocycles. The molecule has 0 saturated carbocycles. The third-order valence-corrected chi connectivity index (χ3v) is 5.19. The van der Waals surface area contributed by atoms with Crippen LogP contribution in [0.5, 0.6) is 11.5 Å². The van der Waals surface area contributed by atoms with Crippen LogP contribution in [0.3, 0.4) is 0 Å². The summed E-state index contributed by atoms with van der Waals surface area (Å²) in [5.74, 6) is 1.18. The number of rotatable bonds is 5. The van der Waals surface area contributed by atoms with E-state index < -0.39 is 14.9 Å². The van der Waals surface area contributed by atoms with Crippen LogP contribution in [0, 0.1) is 17.0 Å². The zero-order valence-corrected chi connectivity index (χ0v) is 15.4. The van der Waals surface area contributed by atoms with Crippen LogP contribution in [0.1, 0.15) is 18.1 Å². The van der Waals surface area contributed by atoms with E-state index in [2.05, 4.69) is 9.93 Å². The highest BCUT2D eigenvalue weighted by atomic mass is 32.2. The highest BCUT2D eigenvalue weighted by Crippen LogP contribution is 2.31. The van der Waals surface area contributed by atoms with Gasteiger partial charge in [0.2, 0.25) is 0 Å². The Balaban J connectivity index is 1.84. The first-order chi connectivity index (χ1) is 12.8. The van der Waals surface area contributed by atoms with Gasteiger partial charge in [0, 0.05) is 17.2 Å². The maximum Gasteiger partial charge on any atom is 0.276 e. The number of hydrazone groups is 1. The van der Waals surface area contributed by atoms with Gasteiger partial charge in [0.05, 0.1) is 15.5 Å². The Kier molecular flexibility index (Phi) is 5.00. The molecule has 3 rings (SSSR count). The van der Waals surface area contributed by atoms with E-state index >= 15 is 0 Å². The predicted octanol–water partition coefficient (Wildman–Crippen LogP) is 2.38. The van der Waals surface area contributed by atoms with E-state index in [1.165, 1.54) is 19.1 Å². The first-order valence-electron chi connectivity index (χ1n) is 7.99. The number of nitrogens with zero attached hydrogens (tertiary/aromatic N) is 2. The molecule has 0 atom stereocenters. The molecule has 0 amide bonds. The Morgan fingerprint density at radius 1 is 1.15 bits per heavy atom. The van der Waals surface area contributed by atoms with Gasteiger partial charge in [-0.25, -0.2) is 0 Å². The van der Waals surface area contributed by atoms with Gasteiger partial charge in [0.1, 0.15) is 13.2 Å². The van der Waals surface area contributed by atoms with Crippen molar-refractivity contribution in [1.29, 1.82) is 0 Å². The Morgan fingerprint density at radius 3 is 2.56 bits per heavy atom. The van der Waals surface area contributed by atoms with E-state index in [1.807, 2.05) is 0 Å². The average molecular weight is 391 g/mol. The molecule has 1 aliphatic heterocycles. The minimum Gasteiger partial charge on any atom is -0.486 e. The van der Waals surface area contributed by atoms with E-state index in [9.17, 15) is 18.5 Å². The molecule has 0 fully saturated rings. The van der Waals surface area contributed by atoms with Gasteiger partial charge in [0.15, 0.2) is 11.5 Å². The Bertz CT molecular complexity index is 1030. The van der Waals surface area contributed by atoms with Gasteiger partial charge in [-0.2, -0.15) is 18.4 Å². The minimum atomic E-state index is -4.05. The average Bonchev–Trinajstić information content (AvgIpc) is 2.65. The molecule has 0 aliphatic carbocycles. The number of nitro groups is 1. The quantitative estimate of drug-likeness (QED) is 0.475. The first kappa shape index (κ1) is 18.6. The molecule has 142 valence electrons. The van der Waals surface area contributed by atoms with Gasteiger partial charge in [-0.15, -0.1) is 0 Å². The molecule has 0 bridgehead atoms. The van der Waals surface area contributed by atoms with Crippen LogP contribution in [0.25, 0.3) is 0 Å². The molecular formula is C17H17N3O6S. The molecule has 10 heteroatoms. The number of fused-ring (bicyclic) bond motifs is 1. The van der Waals surface area contributed by atoms with Crippen molar-refractivity contribution in [2.75, 3.05) is 13.2 Å². The second kappa shape index (κ2) is 7.23. The molecule has 27 heavy (non-hydrogen) atoms. The maximum atomic E-state index is 12.4. The molecule has 0 radical (unpaired) electrons. The zero-order valence-electron chi connectivity index (χ0n) is 14.6. The second-order valence-corrected chi connectivity index (χ2v) is 7.52. The molecule has 9 nitrogen and oxygen atoms in total. The fraction of sp³-hybridized carbons (Fsp3) is 0.235. The highest BCUT2D eigenvalue weighted by molar-refractivity contribution is 7.89. The molecule has 1 aliphatic rings. The Hall–Kier alpha value is -3.14. The third-order valence-electron chi connectivity index (χ3n) is 3.98. The van der Waals surface area contributed by atoms with Crippen LogP contribution in [-0.2, 0) is 10.0 Å². The highest BCUT2D eigenvalue weighted by Gasteiger charge is 2.20. The van der Waals surface area contributed by atoms with Crippen molar-refractivity contribution in [1.82, 2.24) is 4.83 Å². The molecule has 0 unspecified atom stereocenters. The SMILES string of the molecule is C/C(=N\NS(=O)(=O)c1ccc(C)c([N+](=O)[O-])c1)c1ccc2c(c1)OCCO2. The van der Waals surface area contributed by atoms with Crippen LogP contribution in [0.2, 0.25) is 0 Å². The molecule has 2 aromatic carbocycles. The van der Waals surface area contributed by atoms with Gasteiger partial charge in [0.25, 0.3) is 15.7 Å². The van der Waals surface area contributed by atoms with Gasteiger partial charge >= 0.3 is 0 Å². The Labute approximate surface area is 155 Å². The standard InChI is InChI=1S/C17H17N3O6S/c1-11-3-5-14(10-15(11)20(21)22)27(23,24)19-18-12(2)13-4-6-16-17(9-13)26-8-7-25-16/h3-6,9-10,19H,7-8H2,1-2H3/b18-12+. The summed E-state index contributed by atoms with van der Waals surface area (Å²) in [6, 6.07) is 8.84. The van der Waals surface area contributed by atoms with E-state index in [1.54, 1.807) is 25.1 Å². The van der Waals surface area contributed by atoms with Gasteiger partial charge < -0.3 is 9.47 Å². The lowest BCUT2D eigenvalue weighted by atomic mass is 10.1. The number of nitro benzene ring substituents is 1. The van der Waals surface area contributed by atoms with Gasteiger partial charge in [-0.05, 0) is 38.1 Å². The Morgan fingerprint density at radius 2 is 1.85 bits per heavy atom. The molecular weight excluding hydrogens is 374 g/mol. The van der Waals surface area contributed by atoms with Crippen molar-refractivity contribution in [3.63, 3.8) is 0 Å². The smallest absolute Gasteiger partial charge is 0.276 e. The lowest BCUT2D eigenvalue weighted by Gasteiger charge is -2.18. The van der Waals surface area contributed by atoms with E-state index in [-0.39, 0.29) is 10.6 Å². The summed E-state index contributed by atoms with van der Waals surface area (Å²) in [5, 5.41) is 14.9. The van der Waals surface area contributed by atoms with Crippen molar-refractivity contribution < 1.29 is 22.8 Å². The lowest BCUT2D eigenvalue weighted by Crippen LogP contribution is -2.20. The van der Waals surface area contributed by atoms with Crippen molar-refractivity contribution in [3.8, 4) is 11.5 Å². The van der Waals surface area contributed by atoms with Crippen LogP contribution in [-0.4, -0.2) is 32.3 Å². The number of nitrogens with one attached hydrogen (secondary N) is 1. The lowest BCUT2D eigenvalue weighted by molar-refractivity contribution is -0.385. The largest absolute Gasteiger partial charge is 0.486 e. The van der Waals surface area contributed by atoms with Crippen LogP contribution in [0.4, 0.5) is 5.69 Å². The van der Waals surface area contributed by atoms with Crippen LogP contribution in [0.15, 0.2) is 46.4 Å². The fourth-order valence-electron chi connectivity index (χ4n) is 2.47. The topological polar surface area (TPSA) is 120 Å². The van der Waals surface area contributed by atoms with E-state index in [0.717, 1.165) is 6.07 Å². The molecule has 1 N–H and O–H groups in total. The number of hydrogen-bond acceptors (Lipinski definition) is 7. The summed E-state index contributed by atoms with van der Waals surface area (Å²) >= 11 is 0. The summed E-state index contributed by atoms with van der Waals surface area (Å²) in [6.45, 7) is 4.07. The number of sulfonamides is 1. The number of hydrogen-bond donors (Lipinski definition) is 1. The van der Waals surface area contributed by atoms with Crippen LogP contribution >= 0.6 is 0 Å². The number of benzene rings is 2. The number of aryl methyl sites for hydroxylation is 1. The summed E-state index contributed by atoms with van der Waals surface area (Å²) in [4.78, 5) is 12.3. The predicted molar refractivity (Wildman–Crippen MR) is 97.8 cm³/mol. The van der Waals surface area contributed by atoms with Gasteiger partial charge in [-0.1, -0.05) is 6.07 Å². The third kappa shape index (κ3) is 4.00. The van der Waals surface area contributed by atoms with E-state index in [0.29, 0.717) is 41.6 Å². The summed E-state index contributed by atoms with van der Waals surface area (Å²) in [7, 11) is -4.05.